The van der Waals surface area contributed by atoms with Crippen molar-refractivity contribution in [2.24, 2.45) is 0 Å². The molecule has 1 atom stereocenters. The number of nitrogens with zero attached hydrogens (tertiary/aromatic N) is 5. The van der Waals surface area contributed by atoms with E-state index in [9.17, 15) is 4.79 Å². The molecule has 1 saturated heterocycles. The number of aromatic nitrogens is 4. The third-order valence-corrected chi connectivity index (χ3v) is 5.90. The second kappa shape index (κ2) is 9.34. The number of morpholine rings is 1. The molecule has 0 radical (unpaired) electrons. The molecule has 2 aromatic heterocycles. The van der Waals surface area contributed by atoms with Crippen molar-refractivity contribution in [1.82, 2.24) is 24.9 Å². The highest BCUT2D eigenvalue weighted by Gasteiger charge is 2.30. The highest BCUT2D eigenvalue weighted by molar-refractivity contribution is 5.98. The molecule has 2 aromatic carbocycles. The van der Waals surface area contributed by atoms with Crippen LogP contribution in [0.2, 0.25) is 0 Å². The van der Waals surface area contributed by atoms with Crippen LogP contribution in [-0.2, 0) is 11.2 Å². The Labute approximate surface area is 192 Å². The van der Waals surface area contributed by atoms with E-state index in [4.69, 9.17) is 4.74 Å². The topological polar surface area (TPSA) is 73.1 Å². The fourth-order valence-electron chi connectivity index (χ4n) is 4.27. The fourth-order valence-corrected chi connectivity index (χ4v) is 4.27. The molecule has 0 saturated carbocycles. The van der Waals surface area contributed by atoms with E-state index in [0.29, 0.717) is 37.4 Å². The Morgan fingerprint density at radius 1 is 1.03 bits per heavy atom. The van der Waals surface area contributed by atoms with Gasteiger partial charge < -0.3 is 9.64 Å². The molecule has 1 aliphatic rings. The molecular formula is C26H25N5O2. The molecule has 33 heavy (non-hydrogen) atoms. The number of ether oxygens (including phenoxy) is 1. The molecule has 0 N–H and O–H groups in total. The summed E-state index contributed by atoms with van der Waals surface area (Å²) >= 11 is 0. The molecule has 0 aliphatic carbocycles. The summed E-state index contributed by atoms with van der Waals surface area (Å²) in [6.45, 7) is 3.56. The molecule has 1 fully saturated rings. The summed E-state index contributed by atoms with van der Waals surface area (Å²) in [5.41, 5.74) is 5.64. The van der Waals surface area contributed by atoms with Crippen molar-refractivity contribution in [2.45, 2.75) is 19.4 Å². The summed E-state index contributed by atoms with van der Waals surface area (Å²) in [5.74, 6) is -0.0253. The van der Waals surface area contributed by atoms with Crippen LogP contribution >= 0.6 is 0 Å². The lowest BCUT2D eigenvalue weighted by Gasteiger charge is -2.36. The van der Waals surface area contributed by atoms with Crippen molar-refractivity contribution >= 4 is 5.91 Å². The summed E-state index contributed by atoms with van der Waals surface area (Å²) in [6.07, 6.45) is 7.57. The Kier molecular flexibility index (Phi) is 5.95. The van der Waals surface area contributed by atoms with Gasteiger partial charge in [0.2, 0.25) is 0 Å². The van der Waals surface area contributed by atoms with E-state index in [0.717, 1.165) is 22.3 Å². The number of amides is 1. The Bertz CT molecular complexity index is 1240. The van der Waals surface area contributed by atoms with Crippen molar-refractivity contribution in [3.05, 3.63) is 96.1 Å². The number of hydrogen-bond acceptors (Lipinski definition) is 5. The molecule has 1 aliphatic heterocycles. The predicted molar refractivity (Wildman–Crippen MR) is 125 cm³/mol. The predicted octanol–water partition coefficient (Wildman–Crippen LogP) is 3.72. The Balaban J connectivity index is 1.43. The van der Waals surface area contributed by atoms with E-state index < -0.39 is 0 Å². The average Bonchev–Trinajstić information content (AvgIpc) is 3.39. The molecule has 3 heterocycles. The zero-order chi connectivity index (χ0) is 22.6. The molecule has 0 bridgehead atoms. The second-order valence-electron chi connectivity index (χ2n) is 8.21. The molecule has 0 spiro atoms. The summed E-state index contributed by atoms with van der Waals surface area (Å²) in [7, 11) is 0. The standard InChI is InChI=1S/C26H25N5O2/c1-19-7-8-25(31-28-10-11-29-31)24(14-19)26(32)30-12-13-33-18-23(30)16-20-4-2-5-21(15-20)22-6-3-9-27-17-22/h2-11,14-15,17,23H,12-13,16,18H2,1H3/t23-/m1/s1. The van der Waals surface area contributed by atoms with E-state index in [1.807, 2.05) is 48.4 Å². The zero-order valence-electron chi connectivity index (χ0n) is 18.5. The van der Waals surface area contributed by atoms with Gasteiger partial charge in [-0.05, 0) is 48.2 Å². The Hall–Kier alpha value is -3.84. The zero-order valence-corrected chi connectivity index (χ0v) is 18.5. The van der Waals surface area contributed by atoms with Crippen LogP contribution in [0.1, 0.15) is 21.5 Å². The van der Waals surface area contributed by atoms with E-state index in [1.54, 1.807) is 18.6 Å². The highest BCUT2D eigenvalue weighted by atomic mass is 16.5. The molecule has 7 heteroatoms. The first-order valence-corrected chi connectivity index (χ1v) is 11.0. The van der Waals surface area contributed by atoms with Gasteiger partial charge in [-0.15, -0.1) is 0 Å². The molecule has 0 unspecified atom stereocenters. The van der Waals surface area contributed by atoms with Gasteiger partial charge in [0.15, 0.2) is 0 Å². The van der Waals surface area contributed by atoms with Gasteiger partial charge in [0.05, 0.1) is 42.9 Å². The van der Waals surface area contributed by atoms with Crippen LogP contribution in [0.25, 0.3) is 16.8 Å². The maximum atomic E-state index is 13.8. The third-order valence-electron chi connectivity index (χ3n) is 5.90. The fraction of sp³-hybridized carbons (Fsp3) is 0.231. The number of rotatable bonds is 5. The van der Waals surface area contributed by atoms with Crippen molar-refractivity contribution in [3.63, 3.8) is 0 Å². The highest BCUT2D eigenvalue weighted by Crippen LogP contribution is 2.24. The second-order valence-corrected chi connectivity index (χ2v) is 8.21. The van der Waals surface area contributed by atoms with Gasteiger partial charge in [0.1, 0.15) is 0 Å². The third kappa shape index (κ3) is 4.54. The number of benzene rings is 2. The number of hydrogen-bond donors (Lipinski definition) is 0. The molecule has 4 aromatic rings. The monoisotopic (exact) mass is 439 g/mol. The lowest BCUT2D eigenvalue weighted by molar-refractivity contribution is -0.00165. The number of carbonyl (C=O) groups excluding carboxylic acids is 1. The maximum Gasteiger partial charge on any atom is 0.256 e. The lowest BCUT2D eigenvalue weighted by Crippen LogP contribution is -2.50. The summed E-state index contributed by atoms with van der Waals surface area (Å²) in [4.78, 5) is 21.4. The average molecular weight is 440 g/mol. The molecule has 1 amide bonds. The van der Waals surface area contributed by atoms with Gasteiger partial charge in [0.25, 0.3) is 5.91 Å². The van der Waals surface area contributed by atoms with Crippen molar-refractivity contribution in [2.75, 3.05) is 19.8 Å². The Morgan fingerprint density at radius 2 is 1.88 bits per heavy atom. The molecular weight excluding hydrogens is 414 g/mol. The van der Waals surface area contributed by atoms with Crippen LogP contribution in [0, 0.1) is 6.92 Å². The number of carbonyl (C=O) groups is 1. The van der Waals surface area contributed by atoms with Gasteiger partial charge in [0, 0.05) is 18.9 Å². The minimum atomic E-state index is -0.0608. The summed E-state index contributed by atoms with van der Waals surface area (Å²) < 4.78 is 5.78. The van der Waals surface area contributed by atoms with E-state index >= 15 is 0 Å². The minimum Gasteiger partial charge on any atom is -0.377 e. The summed E-state index contributed by atoms with van der Waals surface area (Å²) in [6, 6.07) is 18.1. The lowest BCUT2D eigenvalue weighted by atomic mass is 9.98. The molecule has 7 nitrogen and oxygen atoms in total. The van der Waals surface area contributed by atoms with Crippen molar-refractivity contribution < 1.29 is 9.53 Å². The van der Waals surface area contributed by atoms with Crippen LogP contribution < -0.4 is 0 Å². The quantitative estimate of drug-likeness (QED) is 0.474. The van der Waals surface area contributed by atoms with E-state index in [1.165, 1.54) is 4.80 Å². The first-order chi connectivity index (χ1) is 16.2. The van der Waals surface area contributed by atoms with Gasteiger partial charge >= 0.3 is 0 Å². The van der Waals surface area contributed by atoms with Crippen molar-refractivity contribution in [3.8, 4) is 16.8 Å². The molecule has 166 valence electrons. The SMILES string of the molecule is Cc1ccc(-n2nccn2)c(C(=O)N2CCOC[C@H]2Cc2cccc(-c3cccnc3)c2)c1. The van der Waals surface area contributed by atoms with E-state index in [2.05, 4.69) is 39.4 Å². The van der Waals surface area contributed by atoms with Crippen LogP contribution in [0.5, 0.6) is 0 Å². The van der Waals surface area contributed by atoms with Gasteiger partial charge in [-0.1, -0.05) is 42.0 Å². The maximum absolute atomic E-state index is 13.8. The van der Waals surface area contributed by atoms with Crippen molar-refractivity contribution in [1.29, 1.82) is 0 Å². The largest absolute Gasteiger partial charge is 0.377 e. The van der Waals surface area contributed by atoms with Crippen LogP contribution in [0.4, 0.5) is 0 Å². The van der Waals surface area contributed by atoms with Gasteiger partial charge in [-0.3, -0.25) is 9.78 Å². The number of aryl methyl sites for hydroxylation is 1. The normalized spacial score (nSPS) is 16.0. The molecule has 5 rings (SSSR count). The van der Waals surface area contributed by atoms with Gasteiger partial charge in [-0.25, -0.2) is 0 Å². The smallest absolute Gasteiger partial charge is 0.256 e. The number of pyridine rings is 1. The van der Waals surface area contributed by atoms with Crippen LogP contribution in [-0.4, -0.2) is 56.6 Å². The van der Waals surface area contributed by atoms with Crippen LogP contribution in [0.15, 0.2) is 79.4 Å². The van der Waals surface area contributed by atoms with E-state index in [-0.39, 0.29) is 11.9 Å². The van der Waals surface area contributed by atoms with Gasteiger partial charge in [-0.2, -0.15) is 15.0 Å². The first kappa shape index (κ1) is 21.0. The minimum absolute atomic E-state index is 0.0253. The van der Waals surface area contributed by atoms with Crippen LogP contribution in [0.3, 0.4) is 0 Å². The summed E-state index contributed by atoms with van der Waals surface area (Å²) in [5, 5.41) is 8.47. The first-order valence-electron chi connectivity index (χ1n) is 11.0. The Morgan fingerprint density at radius 3 is 2.70 bits per heavy atom.